The molecule has 0 aromatic rings. The van der Waals surface area contributed by atoms with Crippen molar-refractivity contribution in [2.24, 2.45) is 11.8 Å². The molecule has 1 fully saturated rings. The van der Waals surface area contributed by atoms with Gasteiger partial charge in [-0.25, -0.2) is 0 Å². The van der Waals surface area contributed by atoms with Crippen molar-refractivity contribution < 1.29 is 19.8 Å². The monoisotopic (exact) mass is 156 g/mol. The number of carboxylic acids is 2. The van der Waals surface area contributed by atoms with E-state index in [1.807, 2.05) is 0 Å². The molecular formula is C7H8O4-2. The molecule has 0 unspecified atom stereocenters. The Morgan fingerprint density at radius 2 is 1.36 bits per heavy atom. The van der Waals surface area contributed by atoms with E-state index in [0.717, 1.165) is 0 Å². The van der Waals surface area contributed by atoms with Crippen LogP contribution in [0.4, 0.5) is 0 Å². The van der Waals surface area contributed by atoms with Gasteiger partial charge in [-0.3, -0.25) is 0 Å². The van der Waals surface area contributed by atoms with E-state index >= 15 is 0 Å². The third kappa shape index (κ3) is 1.50. The number of carbonyl (C=O) groups is 2. The Morgan fingerprint density at radius 1 is 1.00 bits per heavy atom. The normalized spacial score (nSPS) is 30.2. The summed E-state index contributed by atoms with van der Waals surface area (Å²) in [4.78, 5) is 20.6. The highest BCUT2D eigenvalue weighted by Crippen LogP contribution is 2.30. The van der Waals surface area contributed by atoms with Crippen LogP contribution < -0.4 is 10.2 Å². The minimum absolute atomic E-state index is 0.404. The smallest absolute Gasteiger partial charge is 0.0451 e. The first-order valence-electron chi connectivity index (χ1n) is 3.54. The van der Waals surface area contributed by atoms with Crippen molar-refractivity contribution in [2.45, 2.75) is 19.3 Å². The summed E-state index contributed by atoms with van der Waals surface area (Å²) >= 11 is 0. The van der Waals surface area contributed by atoms with E-state index < -0.39 is 23.8 Å². The Labute approximate surface area is 63.8 Å². The number of aliphatic carboxylic acids is 2. The maximum Gasteiger partial charge on any atom is 0.0451 e. The van der Waals surface area contributed by atoms with Crippen LogP contribution in [-0.4, -0.2) is 11.9 Å². The van der Waals surface area contributed by atoms with E-state index in [0.29, 0.717) is 19.3 Å². The van der Waals surface area contributed by atoms with Crippen molar-refractivity contribution >= 4 is 11.9 Å². The van der Waals surface area contributed by atoms with E-state index in [-0.39, 0.29) is 0 Å². The fraction of sp³-hybridized carbons (Fsp3) is 0.714. The Balaban J connectivity index is 2.65. The summed E-state index contributed by atoms with van der Waals surface area (Å²) in [5.41, 5.74) is 0. The first kappa shape index (κ1) is 8.04. The van der Waals surface area contributed by atoms with Gasteiger partial charge in [-0.2, -0.15) is 0 Å². The molecule has 2 atom stereocenters. The van der Waals surface area contributed by atoms with Gasteiger partial charge in [0.2, 0.25) is 0 Å². The summed E-state index contributed by atoms with van der Waals surface area (Å²) in [5.74, 6) is -4.20. The van der Waals surface area contributed by atoms with Crippen LogP contribution >= 0.6 is 0 Å². The quantitative estimate of drug-likeness (QED) is 0.458. The van der Waals surface area contributed by atoms with E-state index in [1.165, 1.54) is 0 Å². The maximum atomic E-state index is 10.3. The van der Waals surface area contributed by atoms with Gasteiger partial charge in [-0.05, 0) is 12.8 Å². The van der Waals surface area contributed by atoms with E-state index in [4.69, 9.17) is 0 Å². The topological polar surface area (TPSA) is 80.3 Å². The van der Waals surface area contributed by atoms with E-state index in [9.17, 15) is 19.8 Å². The Bertz CT molecular complexity index is 167. The molecule has 0 aromatic carbocycles. The van der Waals surface area contributed by atoms with Gasteiger partial charge in [0.25, 0.3) is 0 Å². The Hall–Kier alpha value is -1.06. The summed E-state index contributed by atoms with van der Waals surface area (Å²) in [6.45, 7) is 0. The highest BCUT2D eigenvalue weighted by Gasteiger charge is 2.28. The molecule has 4 heteroatoms. The van der Waals surface area contributed by atoms with Crippen LogP contribution in [0.5, 0.6) is 0 Å². The summed E-state index contributed by atoms with van der Waals surface area (Å²) < 4.78 is 0. The molecule has 1 aliphatic rings. The number of rotatable bonds is 2. The second kappa shape index (κ2) is 2.90. The molecule has 0 aromatic heterocycles. The van der Waals surface area contributed by atoms with Crippen molar-refractivity contribution in [1.29, 1.82) is 0 Å². The lowest BCUT2D eigenvalue weighted by Gasteiger charge is -2.20. The second-order valence-corrected chi connectivity index (χ2v) is 2.78. The van der Waals surface area contributed by atoms with Gasteiger partial charge in [0.1, 0.15) is 0 Å². The SMILES string of the molecule is O=C([O-])[C@H]1CCC[C@H]1C(=O)[O-]. The number of carboxylic acid groups (broad SMARTS) is 2. The van der Waals surface area contributed by atoms with Crippen LogP contribution in [0, 0.1) is 11.8 Å². The highest BCUT2D eigenvalue weighted by atomic mass is 16.4. The zero-order chi connectivity index (χ0) is 8.43. The lowest BCUT2D eigenvalue weighted by atomic mass is 9.97. The van der Waals surface area contributed by atoms with Crippen LogP contribution in [0.2, 0.25) is 0 Å². The van der Waals surface area contributed by atoms with Gasteiger partial charge in [-0.15, -0.1) is 0 Å². The Morgan fingerprint density at radius 3 is 1.64 bits per heavy atom. The highest BCUT2D eigenvalue weighted by molar-refractivity contribution is 5.78. The minimum Gasteiger partial charge on any atom is -0.550 e. The fourth-order valence-electron chi connectivity index (χ4n) is 1.52. The van der Waals surface area contributed by atoms with Crippen LogP contribution in [0.25, 0.3) is 0 Å². The van der Waals surface area contributed by atoms with Crippen LogP contribution in [0.15, 0.2) is 0 Å². The van der Waals surface area contributed by atoms with Crippen molar-refractivity contribution in [2.75, 3.05) is 0 Å². The van der Waals surface area contributed by atoms with E-state index in [2.05, 4.69) is 0 Å². The van der Waals surface area contributed by atoms with Crippen LogP contribution in [0.3, 0.4) is 0 Å². The minimum atomic E-state index is -1.27. The standard InChI is InChI=1S/C7H10O4/c8-6(9)4-2-1-3-5(4)7(10)11/h4-5H,1-3H2,(H,8,9)(H,10,11)/p-2/t4-,5+. The fourth-order valence-corrected chi connectivity index (χ4v) is 1.52. The number of hydrogen-bond acceptors (Lipinski definition) is 4. The van der Waals surface area contributed by atoms with E-state index in [1.54, 1.807) is 0 Å². The predicted molar refractivity (Wildman–Crippen MR) is 30.8 cm³/mol. The molecule has 0 spiro atoms. The molecule has 0 N–H and O–H groups in total. The second-order valence-electron chi connectivity index (χ2n) is 2.78. The third-order valence-electron chi connectivity index (χ3n) is 2.12. The first-order valence-corrected chi connectivity index (χ1v) is 3.54. The molecule has 1 aliphatic carbocycles. The van der Waals surface area contributed by atoms with Gasteiger partial charge >= 0.3 is 0 Å². The maximum absolute atomic E-state index is 10.3. The molecule has 0 aliphatic heterocycles. The lowest BCUT2D eigenvalue weighted by Crippen LogP contribution is -2.41. The van der Waals surface area contributed by atoms with Gasteiger partial charge in [-0.1, -0.05) is 6.42 Å². The van der Waals surface area contributed by atoms with Gasteiger partial charge in [0.05, 0.1) is 0 Å². The molecule has 62 valence electrons. The summed E-state index contributed by atoms with van der Waals surface area (Å²) in [7, 11) is 0. The summed E-state index contributed by atoms with van der Waals surface area (Å²) in [6, 6.07) is 0. The summed E-state index contributed by atoms with van der Waals surface area (Å²) in [5, 5.41) is 20.6. The van der Waals surface area contributed by atoms with Crippen molar-refractivity contribution in [3.05, 3.63) is 0 Å². The lowest BCUT2D eigenvalue weighted by molar-refractivity contribution is -0.325. The largest absolute Gasteiger partial charge is 0.550 e. The number of carbonyl (C=O) groups excluding carboxylic acids is 2. The zero-order valence-corrected chi connectivity index (χ0v) is 5.91. The van der Waals surface area contributed by atoms with Crippen molar-refractivity contribution in [3.8, 4) is 0 Å². The molecule has 0 bridgehead atoms. The molecule has 1 rings (SSSR count). The molecule has 1 saturated carbocycles. The zero-order valence-electron chi connectivity index (χ0n) is 5.91. The number of hydrogen-bond donors (Lipinski definition) is 0. The first-order chi connectivity index (χ1) is 5.13. The van der Waals surface area contributed by atoms with Gasteiger partial charge in [0.15, 0.2) is 0 Å². The molecule has 4 nitrogen and oxygen atoms in total. The van der Waals surface area contributed by atoms with Gasteiger partial charge < -0.3 is 19.8 Å². The predicted octanol–water partition coefficient (Wildman–Crippen LogP) is -2.10. The summed E-state index contributed by atoms with van der Waals surface area (Å²) in [6.07, 6.45) is 1.44. The van der Waals surface area contributed by atoms with Crippen molar-refractivity contribution in [3.63, 3.8) is 0 Å². The van der Waals surface area contributed by atoms with Crippen molar-refractivity contribution in [1.82, 2.24) is 0 Å². The average Bonchev–Trinajstić information content (AvgIpc) is 2.32. The molecule has 0 heterocycles. The molecule has 0 radical (unpaired) electrons. The molecule has 0 amide bonds. The average molecular weight is 156 g/mol. The van der Waals surface area contributed by atoms with Crippen LogP contribution in [-0.2, 0) is 9.59 Å². The third-order valence-corrected chi connectivity index (χ3v) is 2.12. The Kier molecular flexibility index (Phi) is 2.12. The molecule has 11 heavy (non-hydrogen) atoms. The van der Waals surface area contributed by atoms with Gasteiger partial charge in [0, 0.05) is 23.8 Å². The van der Waals surface area contributed by atoms with Crippen LogP contribution in [0.1, 0.15) is 19.3 Å². The molecular weight excluding hydrogens is 148 g/mol. The molecule has 0 saturated heterocycles.